The molecule has 0 saturated carbocycles. The Morgan fingerprint density at radius 2 is 2.10 bits per heavy atom. The highest BCUT2D eigenvalue weighted by molar-refractivity contribution is 6.03. The summed E-state index contributed by atoms with van der Waals surface area (Å²) in [4.78, 5) is 15.6. The Labute approximate surface area is 115 Å². The van der Waals surface area contributed by atoms with E-state index in [9.17, 15) is 4.79 Å². The molecule has 0 amide bonds. The molecule has 0 fully saturated rings. The van der Waals surface area contributed by atoms with Crippen LogP contribution in [-0.2, 0) is 6.61 Å². The highest BCUT2D eigenvalue weighted by Crippen LogP contribution is 2.30. The molecule has 0 saturated heterocycles. The van der Waals surface area contributed by atoms with Gasteiger partial charge in [-0.2, -0.15) is 4.98 Å². The number of fused-ring (bicyclic) bond motifs is 1. The van der Waals surface area contributed by atoms with Gasteiger partial charge in [-0.25, -0.2) is 0 Å². The van der Waals surface area contributed by atoms with E-state index in [-0.39, 0.29) is 12.4 Å². The summed E-state index contributed by atoms with van der Waals surface area (Å²) in [5, 5.41) is 5.60. The van der Waals surface area contributed by atoms with Crippen LogP contribution < -0.4 is 4.74 Å². The molecule has 0 N–H and O–H groups in total. The van der Waals surface area contributed by atoms with E-state index in [2.05, 4.69) is 14.7 Å². The Hall–Kier alpha value is -2.69. The fourth-order valence-corrected chi connectivity index (χ4v) is 2.07. The molecule has 0 atom stereocenters. The molecule has 3 rings (SSSR count). The van der Waals surface area contributed by atoms with Gasteiger partial charge in [-0.15, -0.1) is 0 Å². The average Bonchev–Trinajstić information content (AvgIpc) is 2.97. The molecule has 0 aliphatic rings. The van der Waals surface area contributed by atoms with Crippen LogP contribution in [0.2, 0.25) is 0 Å². The summed E-state index contributed by atoms with van der Waals surface area (Å²) in [6.45, 7) is 1.68. The first-order valence-electron chi connectivity index (χ1n) is 6.16. The van der Waals surface area contributed by atoms with Crippen LogP contribution in [0.3, 0.4) is 0 Å². The molecule has 0 aliphatic heterocycles. The van der Waals surface area contributed by atoms with Crippen LogP contribution in [0.4, 0.5) is 0 Å². The summed E-state index contributed by atoms with van der Waals surface area (Å²) in [6, 6.07) is 11.4. The topological polar surface area (TPSA) is 65.2 Å². The quantitative estimate of drug-likeness (QED) is 0.680. The van der Waals surface area contributed by atoms with Crippen LogP contribution in [0, 0.1) is 0 Å². The van der Waals surface area contributed by atoms with Crippen LogP contribution in [-0.4, -0.2) is 15.9 Å². The molecule has 2 aromatic carbocycles. The fourth-order valence-electron chi connectivity index (χ4n) is 2.07. The Morgan fingerprint density at radius 1 is 1.25 bits per heavy atom. The number of ketones is 1. The largest absolute Gasteiger partial charge is 0.484 e. The molecule has 5 heteroatoms. The van der Waals surface area contributed by atoms with Crippen molar-refractivity contribution in [2.75, 3.05) is 0 Å². The molecule has 1 heterocycles. The lowest BCUT2D eigenvalue weighted by molar-refractivity contribution is 0.101. The first-order valence-corrected chi connectivity index (χ1v) is 6.16. The molecule has 1 aromatic heterocycles. The van der Waals surface area contributed by atoms with E-state index in [0.717, 1.165) is 10.8 Å². The van der Waals surface area contributed by atoms with Crippen molar-refractivity contribution in [3.8, 4) is 5.75 Å². The minimum atomic E-state index is -0.0427. The van der Waals surface area contributed by atoms with Crippen molar-refractivity contribution >= 4 is 16.6 Å². The van der Waals surface area contributed by atoms with E-state index < -0.39 is 0 Å². The molecular formula is C15H12N2O3. The van der Waals surface area contributed by atoms with Gasteiger partial charge in [0, 0.05) is 5.39 Å². The highest BCUT2D eigenvalue weighted by atomic mass is 16.5. The second kappa shape index (κ2) is 5.13. The van der Waals surface area contributed by atoms with Crippen molar-refractivity contribution in [3.63, 3.8) is 0 Å². The van der Waals surface area contributed by atoms with Gasteiger partial charge in [-0.05, 0) is 18.4 Å². The van der Waals surface area contributed by atoms with Gasteiger partial charge < -0.3 is 9.26 Å². The smallest absolute Gasteiger partial charge is 0.213 e. The van der Waals surface area contributed by atoms with E-state index in [0.29, 0.717) is 17.1 Å². The number of hydrogen-bond acceptors (Lipinski definition) is 5. The van der Waals surface area contributed by atoms with Gasteiger partial charge in [0.15, 0.2) is 12.4 Å². The lowest BCUT2D eigenvalue weighted by Crippen LogP contribution is -2.03. The van der Waals surface area contributed by atoms with E-state index in [1.807, 2.05) is 30.3 Å². The zero-order chi connectivity index (χ0) is 13.9. The van der Waals surface area contributed by atoms with Gasteiger partial charge in [0.1, 0.15) is 5.75 Å². The predicted octanol–water partition coefficient (Wildman–Crippen LogP) is 3.00. The fraction of sp³-hybridized carbons (Fsp3) is 0.133. The second-order valence-electron chi connectivity index (χ2n) is 4.36. The number of rotatable bonds is 4. The van der Waals surface area contributed by atoms with E-state index in [1.54, 1.807) is 6.07 Å². The van der Waals surface area contributed by atoms with Crippen LogP contribution in [0.15, 0.2) is 47.3 Å². The van der Waals surface area contributed by atoms with E-state index >= 15 is 0 Å². The number of nitrogens with zero attached hydrogens (tertiary/aromatic N) is 2. The maximum atomic E-state index is 11.7. The SMILES string of the molecule is CC(=O)c1ccc2ccccc2c1OCc1ncon1. The molecule has 20 heavy (non-hydrogen) atoms. The molecule has 100 valence electrons. The van der Waals surface area contributed by atoms with Crippen molar-refractivity contribution in [1.29, 1.82) is 0 Å². The normalized spacial score (nSPS) is 10.7. The summed E-state index contributed by atoms with van der Waals surface area (Å²) in [7, 11) is 0. The maximum Gasteiger partial charge on any atom is 0.213 e. The highest BCUT2D eigenvalue weighted by Gasteiger charge is 2.13. The van der Waals surface area contributed by atoms with Gasteiger partial charge in [0.05, 0.1) is 5.56 Å². The minimum Gasteiger partial charge on any atom is -0.484 e. The number of carbonyl (C=O) groups excluding carboxylic acids is 1. The minimum absolute atomic E-state index is 0.0427. The number of carbonyl (C=O) groups is 1. The third-order valence-electron chi connectivity index (χ3n) is 3.01. The molecule has 0 unspecified atom stereocenters. The third-order valence-corrected chi connectivity index (χ3v) is 3.01. The molecule has 3 aromatic rings. The van der Waals surface area contributed by atoms with Crippen LogP contribution in [0.5, 0.6) is 5.75 Å². The number of Topliss-reactive ketones (excluding diaryl/α,β-unsaturated/α-hetero) is 1. The summed E-state index contributed by atoms with van der Waals surface area (Å²) in [5.41, 5.74) is 0.548. The van der Waals surface area contributed by atoms with Crippen molar-refractivity contribution in [3.05, 3.63) is 54.2 Å². The van der Waals surface area contributed by atoms with Gasteiger partial charge in [0.25, 0.3) is 0 Å². The summed E-state index contributed by atoms with van der Waals surface area (Å²) in [6.07, 6.45) is 1.24. The maximum absolute atomic E-state index is 11.7. The van der Waals surface area contributed by atoms with Crippen molar-refractivity contribution in [1.82, 2.24) is 10.1 Å². The van der Waals surface area contributed by atoms with Gasteiger partial charge in [-0.3, -0.25) is 4.79 Å². The van der Waals surface area contributed by atoms with Crippen LogP contribution >= 0.6 is 0 Å². The van der Waals surface area contributed by atoms with Crippen LogP contribution in [0.1, 0.15) is 23.1 Å². The van der Waals surface area contributed by atoms with Gasteiger partial charge in [0.2, 0.25) is 12.2 Å². The van der Waals surface area contributed by atoms with Crippen molar-refractivity contribution in [2.45, 2.75) is 13.5 Å². The molecular weight excluding hydrogens is 256 g/mol. The zero-order valence-electron chi connectivity index (χ0n) is 10.9. The number of hydrogen-bond donors (Lipinski definition) is 0. The molecule has 0 bridgehead atoms. The first-order chi connectivity index (χ1) is 9.75. The summed E-state index contributed by atoms with van der Waals surface area (Å²) in [5.74, 6) is 0.951. The number of benzene rings is 2. The number of ether oxygens (including phenoxy) is 1. The average molecular weight is 268 g/mol. The number of aromatic nitrogens is 2. The Balaban J connectivity index is 2.05. The molecule has 5 nitrogen and oxygen atoms in total. The van der Waals surface area contributed by atoms with E-state index in [4.69, 9.17) is 4.74 Å². The second-order valence-corrected chi connectivity index (χ2v) is 4.36. The molecule has 0 radical (unpaired) electrons. The summed E-state index contributed by atoms with van der Waals surface area (Å²) < 4.78 is 10.4. The summed E-state index contributed by atoms with van der Waals surface area (Å²) >= 11 is 0. The molecule has 0 aliphatic carbocycles. The zero-order valence-corrected chi connectivity index (χ0v) is 10.9. The Morgan fingerprint density at radius 3 is 2.85 bits per heavy atom. The Kier molecular flexibility index (Phi) is 3.16. The van der Waals surface area contributed by atoms with Crippen molar-refractivity contribution in [2.24, 2.45) is 0 Å². The lowest BCUT2D eigenvalue weighted by atomic mass is 10.0. The Bertz CT molecular complexity index is 751. The van der Waals surface area contributed by atoms with Crippen molar-refractivity contribution < 1.29 is 14.1 Å². The van der Waals surface area contributed by atoms with E-state index in [1.165, 1.54) is 13.3 Å². The van der Waals surface area contributed by atoms with Gasteiger partial charge in [-0.1, -0.05) is 35.5 Å². The predicted molar refractivity (Wildman–Crippen MR) is 72.6 cm³/mol. The van der Waals surface area contributed by atoms with Gasteiger partial charge >= 0.3 is 0 Å². The molecule has 0 spiro atoms. The monoisotopic (exact) mass is 268 g/mol. The van der Waals surface area contributed by atoms with Crippen LogP contribution in [0.25, 0.3) is 10.8 Å². The lowest BCUT2D eigenvalue weighted by Gasteiger charge is -2.11. The third kappa shape index (κ3) is 2.25. The first kappa shape index (κ1) is 12.3. The standard InChI is InChI=1S/C15H12N2O3/c1-10(18)12-7-6-11-4-2-3-5-13(11)15(12)19-8-14-16-9-20-17-14/h2-7,9H,8H2,1H3.